The molecule has 0 saturated carbocycles. The summed E-state index contributed by atoms with van der Waals surface area (Å²) in [5, 5.41) is 0. The lowest BCUT2D eigenvalue weighted by Crippen LogP contribution is -2.37. The Balaban J connectivity index is 2.13. The van der Waals surface area contributed by atoms with E-state index in [0.717, 1.165) is 17.2 Å². The van der Waals surface area contributed by atoms with Gasteiger partial charge in [0, 0.05) is 0 Å². The standard InChI is InChI=1S/C20H21F3/c1-2-19(20(21,22)23,15-13-17-9-5-3-6-10-17)16-14-18-11-7-4-8-12-18/h2-12H,1,13-16H2. The molecule has 2 aromatic rings. The summed E-state index contributed by atoms with van der Waals surface area (Å²) in [5.41, 5.74) is -0.0102. The van der Waals surface area contributed by atoms with E-state index in [2.05, 4.69) is 6.58 Å². The van der Waals surface area contributed by atoms with Crippen LogP contribution < -0.4 is 0 Å². The van der Waals surface area contributed by atoms with Crippen molar-refractivity contribution in [2.45, 2.75) is 31.9 Å². The van der Waals surface area contributed by atoms with Crippen LogP contribution in [0, 0.1) is 5.41 Å². The average molecular weight is 318 g/mol. The zero-order valence-electron chi connectivity index (χ0n) is 13.0. The van der Waals surface area contributed by atoms with E-state index in [-0.39, 0.29) is 12.8 Å². The van der Waals surface area contributed by atoms with E-state index in [9.17, 15) is 13.2 Å². The van der Waals surface area contributed by atoms with Crippen LogP contribution in [-0.4, -0.2) is 6.18 Å². The minimum Gasteiger partial charge on any atom is -0.170 e. The van der Waals surface area contributed by atoms with Gasteiger partial charge in [-0.25, -0.2) is 0 Å². The summed E-state index contributed by atoms with van der Waals surface area (Å²) in [6.45, 7) is 3.50. The van der Waals surface area contributed by atoms with Crippen LogP contribution in [-0.2, 0) is 12.8 Å². The SMILES string of the molecule is C=CC(CCc1ccccc1)(CCc1ccccc1)C(F)(F)F. The van der Waals surface area contributed by atoms with Gasteiger partial charge in [0.2, 0.25) is 0 Å². The molecule has 3 heteroatoms. The summed E-state index contributed by atoms with van der Waals surface area (Å²) < 4.78 is 41.1. The topological polar surface area (TPSA) is 0 Å². The van der Waals surface area contributed by atoms with E-state index in [1.54, 1.807) is 0 Å². The quantitative estimate of drug-likeness (QED) is 0.550. The zero-order valence-corrected chi connectivity index (χ0v) is 13.0. The van der Waals surface area contributed by atoms with Gasteiger partial charge < -0.3 is 0 Å². The number of halogens is 3. The molecule has 0 radical (unpaired) electrons. The van der Waals surface area contributed by atoms with Gasteiger partial charge in [-0.05, 0) is 36.8 Å². The molecule has 23 heavy (non-hydrogen) atoms. The van der Waals surface area contributed by atoms with Gasteiger partial charge in [0.05, 0.1) is 5.41 Å². The molecule has 0 aromatic heterocycles. The van der Waals surface area contributed by atoms with Crippen molar-refractivity contribution < 1.29 is 13.2 Å². The maximum Gasteiger partial charge on any atom is 0.397 e. The number of alkyl halides is 3. The molecule has 0 bridgehead atoms. The monoisotopic (exact) mass is 318 g/mol. The van der Waals surface area contributed by atoms with Crippen molar-refractivity contribution in [3.8, 4) is 0 Å². The number of aryl methyl sites for hydroxylation is 2. The van der Waals surface area contributed by atoms with Gasteiger partial charge in [0.15, 0.2) is 0 Å². The highest BCUT2D eigenvalue weighted by molar-refractivity contribution is 5.18. The Bertz CT molecular complexity index is 556. The van der Waals surface area contributed by atoms with E-state index >= 15 is 0 Å². The maximum absolute atomic E-state index is 13.7. The average Bonchev–Trinajstić information content (AvgIpc) is 2.56. The van der Waals surface area contributed by atoms with Gasteiger partial charge in [-0.2, -0.15) is 13.2 Å². The first-order valence-electron chi connectivity index (χ1n) is 7.75. The number of benzene rings is 2. The molecule has 0 fully saturated rings. The summed E-state index contributed by atoms with van der Waals surface area (Å²) >= 11 is 0. The first-order chi connectivity index (χ1) is 11.0. The van der Waals surface area contributed by atoms with Crippen molar-refractivity contribution in [3.05, 3.63) is 84.4 Å². The Hall–Kier alpha value is -2.03. The molecule has 2 aromatic carbocycles. The molecule has 0 N–H and O–H groups in total. The molecule has 0 unspecified atom stereocenters. The summed E-state index contributed by atoms with van der Waals surface area (Å²) in [5.74, 6) is 0. The van der Waals surface area contributed by atoms with E-state index in [0.29, 0.717) is 12.8 Å². The Morgan fingerprint density at radius 2 is 1.13 bits per heavy atom. The molecule has 0 aliphatic carbocycles. The van der Waals surface area contributed by atoms with Crippen LogP contribution in [0.25, 0.3) is 0 Å². The molecule has 2 rings (SSSR count). The molecule has 0 atom stereocenters. The highest BCUT2D eigenvalue weighted by Gasteiger charge is 2.51. The Morgan fingerprint density at radius 3 is 1.43 bits per heavy atom. The van der Waals surface area contributed by atoms with Crippen LogP contribution in [0.5, 0.6) is 0 Å². The maximum atomic E-state index is 13.7. The molecule has 0 aliphatic rings. The predicted molar refractivity (Wildman–Crippen MR) is 88.2 cm³/mol. The second-order valence-corrected chi connectivity index (χ2v) is 5.83. The number of hydrogen-bond acceptors (Lipinski definition) is 0. The van der Waals surface area contributed by atoms with Crippen LogP contribution in [0.1, 0.15) is 24.0 Å². The van der Waals surface area contributed by atoms with Crippen molar-refractivity contribution in [3.63, 3.8) is 0 Å². The Morgan fingerprint density at radius 1 is 0.739 bits per heavy atom. The molecule has 0 amide bonds. The van der Waals surface area contributed by atoms with Crippen LogP contribution in [0.2, 0.25) is 0 Å². The molecule has 122 valence electrons. The Kier molecular flexibility index (Phi) is 5.64. The Labute approximate surface area is 135 Å². The van der Waals surface area contributed by atoms with Crippen LogP contribution in [0.15, 0.2) is 73.3 Å². The van der Waals surface area contributed by atoms with Gasteiger partial charge in [-0.1, -0.05) is 66.7 Å². The lowest BCUT2D eigenvalue weighted by Gasteiger charge is -2.33. The predicted octanol–water partition coefficient (Wildman–Crippen LogP) is 5.99. The van der Waals surface area contributed by atoms with Gasteiger partial charge in [0.25, 0.3) is 0 Å². The van der Waals surface area contributed by atoms with Crippen molar-refractivity contribution in [1.29, 1.82) is 0 Å². The van der Waals surface area contributed by atoms with Crippen LogP contribution >= 0.6 is 0 Å². The minimum absolute atomic E-state index is 0.0246. The number of allylic oxidation sites excluding steroid dienone is 1. The van der Waals surface area contributed by atoms with Crippen LogP contribution in [0.4, 0.5) is 13.2 Å². The number of hydrogen-bond donors (Lipinski definition) is 0. The van der Waals surface area contributed by atoms with E-state index in [4.69, 9.17) is 0 Å². The third kappa shape index (κ3) is 4.47. The summed E-state index contributed by atoms with van der Waals surface area (Å²) in [6, 6.07) is 18.6. The fourth-order valence-electron chi connectivity index (χ4n) is 2.75. The smallest absolute Gasteiger partial charge is 0.170 e. The van der Waals surface area contributed by atoms with E-state index in [1.807, 2.05) is 60.7 Å². The highest BCUT2D eigenvalue weighted by Crippen LogP contribution is 2.46. The second kappa shape index (κ2) is 7.49. The van der Waals surface area contributed by atoms with Crippen molar-refractivity contribution in [2.75, 3.05) is 0 Å². The molecule has 0 saturated heterocycles. The highest BCUT2D eigenvalue weighted by atomic mass is 19.4. The van der Waals surface area contributed by atoms with Gasteiger partial charge in [0.1, 0.15) is 0 Å². The molecule has 0 heterocycles. The molecule has 0 nitrogen and oxygen atoms in total. The molecular weight excluding hydrogens is 297 g/mol. The van der Waals surface area contributed by atoms with Crippen LogP contribution in [0.3, 0.4) is 0 Å². The minimum atomic E-state index is -4.29. The third-order valence-electron chi connectivity index (χ3n) is 4.36. The lowest BCUT2D eigenvalue weighted by atomic mass is 9.76. The summed E-state index contributed by atoms with van der Waals surface area (Å²) in [7, 11) is 0. The summed E-state index contributed by atoms with van der Waals surface area (Å²) in [4.78, 5) is 0. The van der Waals surface area contributed by atoms with Crippen molar-refractivity contribution in [1.82, 2.24) is 0 Å². The summed E-state index contributed by atoms with van der Waals surface area (Å²) in [6.07, 6.45) is -2.37. The fraction of sp³-hybridized carbons (Fsp3) is 0.300. The lowest BCUT2D eigenvalue weighted by molar-refractivity contribution is -0.210. The normalized spacial score (nSPS) is 12.1. The molecule has 0 spiro atoms. The molecular formula is C20H21F3. The van der Waals surface area contributed by atoms with Crippen molar-refractivity contribution >= 4 is 0 Å². The van der Waals surface area contributed by atoms with E-state index in [1.165, 1.54) is 0 Å². The van der Waals surface area contributed by atoms with Gasteiger partial charge >= 0.3 is 6.18 Å². The third-order valence-corrected chi connectivity index (χ3v) is 4.36. The fourth-order valence-corrected chi connectivity index (χ4v) is 2.75. The van der Waals surface area contributed by atoms with Gasteiger partial charge in [-0.3, -0.25) is 0 Å². The second-order valence-electron chi connectivity index (χ2n) is 5.83. The molecule has 0 aliphatic heterocycles. The van der Waals surface area contributed by atoms with Crippen molar-refractivity contribution in [2.24, 2.45) is 5.41 Å². The first kappa shape index (κ1) is 17.3. The number of rotatable bonds is 7. The van der Waals surface area contributed by atoms with E-state index < -0.39 is 11.6 Å². The largest absolute Gasteiger partial charge is 0.397 e. The first-order valence-corrected chi connectivity index (χ1v) is 7.75. The zero-order chi connectivity index (χ0) is 16.8. The van der Waals surface area contributed by atoms with Gasteiger partial charge in [-0.15, -0.1) is 6.58 Å².